The summed E-state index contributed by atoms with van der Waals surface area (Å²) in [5.41, 5.74) is 7.94. The summed E-state index contributed by atoms with van der Waals surface area (Å²) in [7, 11) is 0. The van der Waals surface area contributed by atoms with Crippen LogP contribution >= 0.6 is 0 Å². The summed E-state index contributed by atoms with van der Waals surface area (Å²) in [6.07, 6.45) is -2.25. The Labute approximate surface area is 474 Å². The number of rotatable bonds is 12. The van der Waals surface area contributed by atoms with Gasteiger partial charge in [0, 0.05) is 5.69 Å². The van der Waals surface area contributed by atoms with E-state index in [4.69, 9.17) is 17.9 Å². The molecule has 0 fully saturated rings. The molecule has 1 aliphatic heterocycles. The van der Waals surface area contributed by atoms with Gasteiger partial charge in [-0.1, -0.05) is 48.5 Å². The Bertz CT molecular complexity index is 4590. The molecule has 0 amide bonds. The molecule has 374 valence electrons. The fraction of sp³-hybridized carbons (Fsp3) is 0.118. The molecule has 0 spiro atoms. The summed E-state index contributed by atoms with van der Waals surface area (Å²) >= 11 is 2.23. The zero-order chi connectivity index (χ0) is 62.4. The number of hydrogen-bond acceptors (Lipinski definition) is 4. The van der Waals surface area contributed by atoms with Gasteiger partial charge in [0.1, 0.15) is 0 Å². The number of pyridine rings is 1. The number of para-hydroxylation sites is 5. The number of aromatic nitrogens is 3. The molecule has 6 nitrogen and oxygen atoms in total. The zero-order valence-corrected chi connectivity index (χ0v) is 44.6. The maximum absolute atomic E-state index is 9.96. The molecule has 11 aromatic rings. The van der Waals surface area contributed by atoms with Crippen molar-refractivity contribution in [2.75, 3.05) is 9.62 Å². The number of hydrogen-bond donors (Lipinski definition) is 0. The molecule has 1 aliphatic rings. The Kier molecular flexibility index (Phi) is 9.87. The summed E-state index contributed by atoms with van der Waals surface area (Å²) in [5, 5.41) is 0. The normalized spacial score (nSPS) is 14.9. The Morgan fingerprint density at radius 3 is 1.97 bits per heavy atom. The van der Waals surface area contributed by atoms with Crippen molar-refractivity contribution in [2.45, 2.75) is 46.4 Å². The second-order valence-electron chi connectivity index (χ2n) is 19.7. The van der Waals surface area contributed by atoms with Gasteiger partial charge < -0.3 is 0 Å². The van der Waals surface area contributed by atoms with Crippen molar-refractivity contribution in [3.05, 3.63) is 257 Å². The number of nitrogens with zero attached hydrogens (tertiary/aromatic N) is 5. The van der Waals surface area contributed by atoms with Gasteiger partial charge in [0.25, 0.3) is 0 Å². The predicted octanol–water partition coefficient (Wildman–Crippen LogP) is 16.5. The minimum absolute atomic E-state index is 0.0283. The summed E-state index contributed by atoms with van der Waals surface area (Å²) < 4.78 is 121. The predicted molar refractivity (Wildman–Crippen MR) is 310 cm³/mol. The van der Waals surface area contributed by atoms with E-state index in [1.165, 1.54) is 0 Å². The molecule has 0 saturated heterocycles. The van der Waals surface area contributed by atoms with Crippen LogP contribution in [0.2, 0.25) is 0 Å². The van der Waals surface area contributed by atoms with Crippen molar-refractivity contribution in [1.82, 2.24) is 14.1 Å². The van der Waals surface area contributed by atoms with Crippen molar-refractivity contribution >= 4 is 46.4 Å². The summed E-state index contributed by atoms with van der Waals surface area (Å²) in [6, 6.07) is 55.5. The van der Waals surface area contributed by atoms with Gasteiger partial charge in [-0.15, -0.1) is 6.07 Å². The van der Waals surface area contributed by atoms with E-state index in [0.29, 0.717) is 37.5 Å². The fourth-order valence-corrected chi connectivity index (χ4v) is 11.1. The molecule has 3 heterocycles. The SMILES string of the molecule is [2H]c1c([2H])c([2H])c(-c2cccc(-c3ccc(C(C)(C)C)cc3)c2-n2[c](=[Pt])n(-c3[c-]c(Oc4nc(N5B(c6ccccc6)N(c6ccccc6)c6ccc[c-]c65)cc(C([2H])([2H])C(C)C)c4-c4c([2H])c([2H])c([2H])c([2H])c4[2H])ccc3)c3ccccc32)c([2H])c1[2H]. The van der Waals surface area contributed by atoms with Crippen LogP contribution < -0.4 is 19.8 Å². The number of fused-ring (bicyclic) bond motifs is 2. The van der Waals surface area contributed by atoms with Crippen molar-refractivity contribution in [3.8, 4) is 56.4 Å². The summed E-state index contributed by atoms with van der Waals surface area (Å²) in [6.45, 7) is 9.22. The third-order valence-corrected chi connectivity index (χ3v) is 14.4. The van der Waals surface area contributed by atoms with Crippen molar-refractivity contribution in [1.29, 1.82) is 0 Å². The molecule has 9 aromatic carbocycles. The van der Waals surface area contributed by atoms with E-state index in [1.54, 1.807) is 44.2 Å². The monoisotopic (exact) mass is 1180 g/mol. The van der Waals surface area contributed by atoms with Crippen LogP contribution in [0.1, 0.15) is 62.2 Å². The van der Waals surface area contributed by atoms with Crippen LogP contribution in [0.5, 0.6) is 11.6 Å². The van der Waals surface area contributed by atoms with Crippen LogP contribution in [0, 0.1) is 21.9 Å². The Morgan fingerprint density at radius 2 is 1.29 bits per heavy atom. The topological polar surface area (TPSA) is 38.5 Å². The van der Waals surface area contributed by atoms with Gasteiger partial charge in [0.15, 0.2) is 0 Å². The molecule has 12 rings (SSSR count). The van der Waals surface area contributed by atoms with Gasteiger partial charge in [0.2, 0.25) is 0 Å². The molecular formula is C68H56BN5OPt-2. The third-order valence-electron chi connectivity index (χ3n) is 13.3. The molecule has 0 radical (unpaired) electrons. The number of benzene rings is 9. The van der Waals surface area contributed by atoms with Crippen LogP contribution in [0.25, 0.3) is 55.8 Å². The first kappa shape index (κ1) is 36.7. The molecule has 0 aliphatic carbocycles. The molecule has 0 N–H and O–H groups in total. The summed E-state index contributed by atoms with van der Waals surface area (Å²) in [4.78, 5) is 9.44. The Balaban J connectivity index is 1.11. The molecule has 0 atom stereocenters. The van der Waals surface area contributed by atoms with Crippen LogP contribution in [-0.4, -0.2) is 21.1 Å². The summed E-state index contributed by atoms with van der Waals surface area (Å²) in [5.74, 6) is -0.706. The second kappa shape index (κ2) is 20.5. The molecule has 0 bridgehead atoms. The van der Waals surface area contributed by atoms with Crippen molar-refractivity contribution in [2.24, 2.45) is 5.92 Å². The van der Waals surface area contributed by atoms with Crippen LogP contribution in [0.3, 0.4) is 0 Å². The first-order chi connectivity index (χ1) is 42.0. The number of imidazole rings is 1. The van der Waals surface area contributed by atoms with Gasteiger partial charge >= 0.3 is 391 Å². The molecule has 0 unspecified atom stereocenters. The molecule has 0 saturated carbocycles. The zero-order valence-electron chi connectivity index (χ0n) is 54.3. The van der Waals surface area contributed by atoms with E-state index in [-0.39, 0.29) is 57.2 Å². The minimum atomic E-state index is -2.25. The van der Waals surface area contributed by atoms with E-state index in [2.05, 4.69) is 69.2 Å². The Morgan fingerprint density at radius 1 is 0.658 bits per heavy atom. The van der Waals surface area contributed by atoms with Gasteiger partial charge in [-0.2, -0.15) is 12.1 Å². The molecular weight excluding hydrogens is 1110 g/mol. The quantitative estimate of drug-likeness (QED) is 0.0903. The van der Waals surface area contributed by atoms with Crippen molar-refractivity contribution in [3.63, 3.8) is 0 Å². The van der Waals surface area contributed by atoms with E-state index < -0.39 is 67.6 Å². The van der Waals surface area contributed by atoms with Gasteiger partial charge in [-0.25, -0.2) is 0 Å². The van der Waals surface area contributed by atoms with E-state index >= 15 is 0 Å². The van der Waals surface area contributed by atoms with E-state index in [1.807, 2.05) is 141 Å². The van der Waals surface area contributed by atoms with Gasteiger partial charge in [0.05, 0.1) is 1.37 Å². The molecule has 76 heavy (non-hydrogen) atoms. The average Bonchev–Trinajstić information content (AvgIpc) is 1.43. The van der Waals surface area contributed by atoms with Gasteiger partial charge in [-0.3, -0.25) is 0 Å². The third kappa shape index (κ3) is 9.13. The number of ether oxygens (including phenoxy) is 1. The van der Waals surface area contributed by atoms with Gasteiger partial charge in [-0.05, 0) is 12.1 Å². The van der Waals surface area contributed by atoms with Crippen LogP contribution in [-0.2, 0) is 31.1 Å². The van der Waals surface area contributed by atoms with E-state index in [9.17, 15) is 8.22 Å². The average molecular weight is 1180 g/mol. The second-order valence-corrected chi connectivity index (χ2v) is 20.7. The Hall–Kier alpha value is -8.25. The first-order valence-corrected chi connectivity index (χ1v) is 26.2. The molecule has 2 aromatic heterocycles. The van der Waals surface area contributed by atoms with Crippen molar-refractivity contribution < 1.29 is 40.5 Å². The van der Waals surface area contributed by atoms with Crippen LogP contribution in [0.4, 0.5) is 22.9 Å². The fourth-order valence-electron chi connectivity index (χ4n) is 9.99. The van der Waals surface area contributed by atoms with Crippen LogP contribution in [0.15, 0.2) is 230 Å². The molecule has 8 heteroatoms. The maximum atomic E-state index is 9.96. The number of anilines is 4. The van der Waals surface area contributed by atoms with E-state index in [0.717, 1.165) is 33.5 Å². The first-order valence-electron chi connectivity index (χ1n) is 31.0. The standard InChI is InChI=1S/C68H56BN5O.Pt/c1-48(2)44-52-45-64(74-63-39-21-20-38-62(63)73(55-30-16-9-17-31-55)69(74)54-28-14-8-15-29-54)70-67(65(52)51-26-12-7-13-27-51)75-57-33-22-32-56(46-57)71-47-72(61-37-19-18-36-60(61)71)66-58(49-24-10-6-11-25-49)34-23-35-59(66)50-40-42-53(43-41-50)68(3,4)5;/h6-38,40-43,45,48H,44H2,1-5H3;/q-2;/i6D,7D,10D,11D,12D,13D,24D,25D,26D,27D,44D2;.